The average molecular weight is 465 g/mol. The second-order valence-corrected chi connectivity index (χ2v) is 7.73. The summed E-state index contributed by atoms with van der Waals surface area (Å²) >= 11 is 3.34. The fraction of sp³-hybridized carbons (Fsp3) is 0.286. The van der Waals surface area contributed by atoms with Crippen LogP contribution in [-0.2, 0) is 11.2 Å². The summed E-state index contributed by atoms with van der Waals surface area (Å²) in [5.74, 6) is -0.751. The van der Waals surface area contributed by atoms with Crippen molar-refractivity contribution < 1.29 is 17.9 Å². The summed E-state index contributed by atoms with van der Waals surface area (Å²) in [7, 11) is 0. The third-order valence-corrected chi connectivity index (χ3v) is 5.27. The van der Waals surface area contributed by atoms with Gasteiger partial charge in [0.2, 0.25) is 0 Å². The quantitative estimate of drug-likeness (QED) is 0.610. The van der Waals surface area contributed by atoms with Crippen LogP contribution in [0.4, 0.5) is 20.2 Å². The van der Waals surface area contributed by atoms with E-state index in [-0.39, 0.29) is 5.43 Å². The molecule has 1 N–H and O–H groups in total. The summed E-state index contributed by atoms with van der Waals surface area (Å²) in [6.07, 6.45) is 2.05. The lowest BCUT2D eigenvalue weighted by Crippen LogP contribution is -2.37. The van der Waals surface area contributed by atoms with Gasteiger partial charge >= 0.3 is 0 Å². The number of nitrogens with zero attached hydrogens (tertiary/aromatic N) is 1. The molecular formula is C21H19BrF2N2O3. The highest BCUT2D eigenvalue weighted by Gasteiger charge is 2.23. The van der Waals surface area contributed by atoms with Crippen LogP contribution in [0, 0.1) is 11.6 Å². The number of ether oxygens (including phenoxy) is 1. The number of halogens is 3. The zero-order valence-corrected chi connectivity index (χ0v) is 17.1. The summed E-state index contributed by atoms with van der Waals surface area (Å²) < 4.78 is 38.7. The highest BCUT2D eigenvalue weighted by atomic mass is 79.9. The van der Waals surface area contributed by atoms with Crippen LogP contribution in [0.1, 0.15) is 5.56 Å². The summed E-state index contributed by atoms with van der Waals surface area (Å²) in [5, 5.41) is 3.04. The van der Waals surface area contributed by atoms with Gasteiger partial charge in [0.25, 0.3) is 0 Å². The van der Waals surface area contributed by atoms with Crippen LogP contribution < -0.4 is 15.6 Å². The Morgan fingerprint density at radius 2 is 1.79 bits per heavy atom. The molecule has 0 unspecified atom stereocenters. The van der Waals surface area contributed by atoms with Crippen molar-refractivity contribution in [3.63, 3.8) is 0 Å². The molecule has 29 heavy (non-hydrogen) atoms. The molecule has 1 saturated heterocycles. The number of morpholine rings is 1. The number of fused-ring (bicyclic) bond motifs is 1. The van der Waals surface area contributed by atoms with Crippen molar-refractivity contribution in [3.05, 3.63) is 68.5 Å². The minimum absolute atomic E-state index is 0.115. The van der Waals surface area contributed by atoms with Crippen LogP contribution in [0.2, 0.25) is 0 Å². The predicted molar refractivity (Wildman–Crippen MR) is 111 cm³/mol. The number of hydrogen-bond acceptors (Lipinski definition) is 5. The zero-order valence-electron chi connectivity index (χ0n) is 15.5. The van der Waals surface area contributed by atoms with Gasteiger partial charge in [0.05, 0.1) is 23.2 Å². The second-order valence-electron chi connectivity index (χ2n) is 6.81. The Morgan fingerprint density at radius 3 is 2.52 bits per heavy atom. The van der Waals surface area contributed by atoms with E-state index in [1.165, 1.54) is 12.1 Å². The van der Waals surface area contributed by atoms with E-state index in [0.29, 0.717) is 60.8 Å². The molecule has 0 amide bonds. The second kappa shape index (κ2) is 8.51. The standard InChI is InChI=1S/C21H19BrF2N2O3/c22-13-7-18-20(27)11-19(26-3-5-28-6-4-26)17(21(18)29-12-13)1-2-25-16-9-14(23)8-15(24)10-16/h7-12,25H,1-6H2. The maximum atomic E-state index is 13.4. The Balaban J connectivity index is 1.67. The SMILES string of the molecule is O=c1cc(N2CCOCC2)c(CCNc2cc(F)cc(F)c2)c2occ(Br)cc1-2. The number of benzene rings is 2. The normalized spacial score (nSPS) is 14.4. The van der Waals surface area contributed by atoms with Crippen LogP contribution in [0.5, 0.6) is 0 Å². The third-order valence-electron chi connectivity index (χ3n) is 4.85. The fourth-order valence-corrected chi connectivity index (χ4v) is 3.88. The van der Waals surface area contributed by atoms with Crippen LogP contribution in [-0.4, -0.2) is 32.8 Å². The van der Waals surface area contributed by atoms with E-state index in [4.69, 9.17) is 9.15 Å². The van der Waals surface area contributed by atoms with Gasteiger partial charge < -0.3 is 19.4 Å². The lowest BCUT2D eigenvalue weighted by Gasteiger charge is -2.31. The summed E-state index contributed by atoms with van der Waals surface area (Å²) in [6, 6.07) is 6.69. The maximum absolute atomic E-state index is 13.4. The fourth-order valence-electron chi connectivity index (χ4n) is 3.55. The molecule has 1 fully saturated rings. The highest BCUT2D eigenvalue weighted by molar-refractivity contribution is 9.10. The first kappa shape index (κ1) is 19.8. The first-order valence-corrected chi connectivity index (χ1v) is 10.1. The lowest BCUT2D eigenvalue weighted by molar-refractivity contribution is 0.122. The molecule has 2 aliphatic heterocycles. The van der Waals surface area contributed by atoms with Gasteiger partial charge in [-0.1, -0.05) is 0 Å². The van der Waals surface area contributed by atoms with Crippen molar-refractivity contribution in [1.29, 1.82) is 0 Å². The molecule has 0 saturated carbocycles. The molecule has 0 aromatic heterocycles. The van der Waals surface area contributed by atoms with Gasteiger partial charge in [-0.05, 0) is 40.5 Å². The van der Waals surface area contributed by atoms with Gasteiger partial charge in [0.1, 0.15) is 23.7 Å². The van der Waals surface area contributed by atoms with Crippen LogP contribution in [0.3, 0.4) is 0 Å². The largest absolute Gasteiger partial charge is 0.463 e. The molecule has 0 bridgehead atoms. The van der Waals surface area contributed by atoms with E-state index in [1.807, 2.05) is 0 Å². The molecule has 1 aromatic rings. The Bertz CT molecular complexity index is 1030. The minimum atomic E-state index is -0.637. The van der Waals surface area contributed by atoms with Gasteiger partial charge in [-0.3, -0.25) is 4.79 Å². The number of nitrogens with one attached hydrogen (secondary N) is 1. The molecule has 0 spiro atoms. The van der Waals surface area contributed by atoms with Gasteiger partial charge in [-0.25, -0.2) is 8.78 Å². The van der Waals surface area contributed by atoms with E-state index in [9.17, 15) is 13.6 Å². The Labute approximate surface area is 174 Å². The zero-order chi connectivity index (χ0) is 20.4. The molecule has 8 heteroatoms. The monoisotopic (exact) mass is 464 g/mol. The predicted octanol–water partition coefficient (Wildman–Crippen LogP) is 4.28. The Morgan fingerprint density at radius 1 is 1.07 bits per heavy atom. The summed E-state index contributed by atoms with van der Waals surface area (Å²) in [4.78, 5) is 14.8. The van der Waals surface area contributed by atoms with Crippen LogP contribution >= 0.6 is 15.9 Å². The van der Waals surface area contributed by atoms with E-state index in [0.717, 1.165) is 17.3 Å². The highest BCUT2D eigenvalue weighted by Crippen LogP contribution is 2.33. The van der Waals surface area contributed by atoms with Crippen molar-refractivity contribution in [2.24, 2.45) is 0 Å². The van der Waals surface area contributed by atoms with E-state index < -0.39 is 11.6 Å². The molecule has 3 aliphatic rings. The number of rotatable bonds is 5. The molecular weight excluding hydrogens is 446 g/mol. The molecule has 0 atom stereocenters. The van der Waals surface area contributed by atoms with Crippen LogP contribution in [0.15, 0.2) is 50.3 Å². The van der Waals surface area contributed by atoms with Gasteiger partial charge in [0.15, 0.2) is 5.43 Å². The summed E-state index contributed by atoms with van der Waals surface area (Å²) in [5.41, 5.74) is 2.42. The average Bonchev–Trinajstić information content (AvgIpc) is 2.69. The topological polar surface area (TPSA) is 54.7 Å². The van der Waals surface area contributed by atoms with E-state index in [2.05, 4.69) is 26.1 Å². The molecule has 0 radical (unpaired) electrons. The van der Waals surface area contributed by atoms with Gasteiger partial charge in [-0.2, -0.15) is 0 Å². The maximum Gasteiger partial charge on any atom is 0.191 e. The number of anilines is 2. The van der Waals surface area contributed by atoms with E-state index >= 15 is 0 Å². The molecule has 4 rings (SSSR count). The smallest absolute Gasteiger partial charge is 0.191 e. The lowest BCUT2D eigenvalue weighted by atomic mass is 9.98. The van der Waals surface area contributed by atoms with Gasteiger partial charge in [-0.15, -0.1) is 0 Å². The van der Waals surface area contributed by atoms with Crippen molar-refractivity contribution in [2.75, 3.05) is 43.1 Å². The molecule has 152 valence electrons. The van der Waals surface area contributed by atoms with Crippen molar-refractivity contribution in [3.8, 4) is 11.3 Å². The minimum Gasteiger partial charge on any atom is -0.463 e. The summed E-state index contributed by atoms with van der Waals surface area (Å²) in [6.45, 7) is 2.95. The molecule has 5 nitrogen and oxygen atoms in total. The first-order chi connectivity index (χ1) is 14.0. The van der Waals surface area contributed by atoms with Crippen LogP contribution in [0.25, 0.3) is 11.3 Å². The molecule has 1 aliphatic carbocycles. The first-order valence-electron chi connectivity index (χ1n) is 9.28. The van der Waals surface area contributed by atoms with Crippen molar-refractivity contribution >= 4 is 27.3 Å². The Kier molecular flexibility index (Phi) is 5.82. The number of hydrogen-bond donors (Lipinski definition) is 1. The van der Waals surface area contributed by atoms with Gasteiger partial charge in [0, 0.05) is 48.7 Å². The van der Waals surface area contributed by atoms with Crippen molar-refractivity contribution in [2.45, 2.75) is 6.42 Å². The Hall–Kier alpha value is -2.45. The van der Waals surface area contributed by atoms with Crippen molar-refractivity contribution in [1.82, 2.24) is 0 Å². The molecule has 1 aromatic carbocycles. The molecule has 2 heterocycles. The van der Waals surface area contributed by atoms with E-state index in [1.54, 1.807) is 18.4 Å². The third kappa shape index (κ3) is 4.43.